The van der Waals surface area contributed by atoms with Crippen molar-refractivity contribution in [2.75, 3.05) is 17.7 Å². The van der Waals surface area contributed by atoms with E-state index in [0.29, 0.717) is 22.7 Å². The second-order valence-electron chi connectivity index (χ2n) is 6.31. The molecule has 0 unspecified atom stereocenters. The van der Waals surface area contributed by atoms with E-state index in [1.54, 1.807) is 30.3 Å². The van der Waals surface area contributed by atoms with E-state index in [9.17, 15) is 9.59 Å². The topological polar surface area (TPSA) is 76.7 Å². The van der Waals surface area contributed by atoms with E-state index < -0.39 is 0 Å². The maximum absolute atomic E-state index is 12.8. The Hall–Kier alpha value is -3.80. The molecule has 0 atom stereocenters. The molecule has 0 aliphatic rings. The largest absolute Gasteiger partial charge is 0.495 e. The maximum atomic E-state index is 12.8. The fourth-order valence-electron chi connectivity index (χ4n) is 2.82. The van der Waals surface area contributed by atoms with Crippen molar-refractivity contribution in [3.8, 4) is 11.5 Å². The van der Waals surface area contributed by atoms with Gasteiger partial charge in [0.15, 0.2) is 0 Å². The summed E-state index contributed by atoms with van der Waals surface area (Å²) in [6, 6.07) is 21.8. The molecule has 2 amide bonds. The fraction of sp³-hybridized carbons (Fsp3) is 0.130. The van der Waals surface area contributed by atoms with Crippen LogP contribution in [0.2, 0.25) is 0 Å². The van der Waals surface area contributed by atoms with Crippen molar-refractivity contribution in [3.05, 3.63) is 83.9 Å². The number of benzene rings is 3. The Labute approximate surface area is 169 Å². The summed E-state index contributed by atoms with van der Waals surface area (Å²) in [5.74, 6) is 0.749. The number of methoxy groups -OCH3 is 1. The zero-order valence-corrected chi connectivity index (χ0v) is 16.3. The van der Waals surface area contributed by atoms with Gasteiger partial charge in [-0.15, -0.1) is 0 Å². The van der Waals surface area contributed by atoms with Crippen molar-refractivity contribution in [2.24, 2.45) is 0 Å². The lowest BCUT2D eigenvalue weighted by Crippen LogP contribution is -2.15. The highest BCUT2D eigenvalue weighted by Crippen LogP contribution is 2.28. The van der Waals surface area contributed by atoms with Gasteiger partial charge in [-0.3, -0.25) is 9.59 Å². The molecule has 2 N–H and O–H groups in total. The molecular weight excluding hydrogens is 368 g/mol. The van der Waals surface area contributed by atoms with Gasteiger partial charge in [0.05, 0.1) is 12.8 Å². The monoisotopic (exact) mass is 390 g/mol. The van der Waals surface area contributed by atoms with E-state index in [4.69, 9.17) is 9.47 Å². The smallest absolute Gasteiger partial charge is 0.256 e. The molecule has 3 aromatic rings. The molecular formula is C23H22N2O4. The van der Waals surface area contributed by atoms with Gasteiger partial charge in [-0.25, -0.2) is 0 Å². The normalized spacial score (nSPS) is 10.1. The van der Waals surface area contributed by atoms with E-state index in [1.165, 1.54) is 14.0 Å². The maximum Gasteiger partial charge on any atom is 0.256 e. The zero-order valence-electron chi connectivity index (χ0n) is 16.3. The Morgan fingerprint density at radius 2 is 1.62 bits per heavy atom. The highest BCUT2D eigenvalue weighted by Gasteiger charge is 2.13. The molecule has 0 spiro atoms. The standard InChI is InChI=1S/C23H22N2O4/c1-16(26)24-21-14-18(12-13-22(21)28-2)25-23(27)20-11-7-6-8-17(20)15-29-19-9-4-3-5-10-19/h3-14H,15H2,1-2H3,(H,24,26)(H,25,27). The van der Waals surface area contributed by atoms with Gasteiger partial charge in [0.25, 0.3) is 5.91 Å². The first kappa shape index (κ1) is 19.9. The van der Waals surface area contributed by atoms with Crippen LogP contribution < -0.4 is 20.1 Å². The molecule has 0 saturated heterocycles. The molecule has 29 heavy (non-hydrogen) atoms. The average molecular weight is 390 g/mol. The summed E-state index contributed by atoms with van der Waals surface area (Å²) in [5, 5.41) is 5.55. The van der Waals surface area contributed by atoms with E-state index >= 15 is 0 Å². The Morgan fingerprint density at radius 3 is 2.34 bits per heavy atom. The van der Waals surface area contributed by atoms with Crippen LogP contribution in [0, 0.1) is 0 Å². The van der Waals surface area contributed by atoms with Crippen LogP contribution in [0.5, 0.6) is 11.5 Å². The van der Waals surface area contributed by atoms with Crippen LogP contribution in [0.25, 0.3) is 0 Å². The minimum Gasteiger partial charge on any atom is -0.495 e. The first-order valence-electron chi connectivity index (χ1n) is 9.09. The third-order valence-corrected chi connectivity index (χ3v) is 4.17. The van der Waals surface area contributed by atoms with Crippen LogP contribution in [0.3, 0.4) is 0 Å². The van der Waals surface area contributed by atoms with Gasteiger partial charge in [0.1, 0.15) is 18.1 Å². The number of anilines is 2. The Balaban J connectivity index is 1.76. The van der Waals surface area contributed by atoms with Crippen LogP contribution in [0.15, 0.2) is 72.8 Å². The molecule has 6 nitrogen and oxygen atoms in total. The van der Waals surface area contributed by atoms with Crippen LogP contribution >= 0.6 is 0 Å². The lowest BCUT2D eigenvalue weighted by atomic mass is 10.1. The third kappa shape index (κ3) is 5.35. The fourth-order valence-corrected chi connectivity index (χ4v) is 2.82. The number of carbonyl (C=O) groups excluding carboxylic acids is 2. The highest BCUT2D eigenvalue weighted by molar-refractivity contribution is 6.05. The van der Waals surface area contributed by atoms with Gasteiger partial charge in [0, 0.05) is 23.7 Å². The second-order valence-corrected chi connectivity index (χ2v) is 6.31. The number of nitrogens with one attached hydrogen (secondary N) is 2. The number of ether oxygens (including phenoxy) is 2. The minimum absolute atomic E-state index is 0.227. The third-order valence-electron chi connectivity index (χ3n) is 4.17. The lowest BCUT2D eigenvalue weighted by molar-refractivity contribution is -0.114. The number of hydrogen-bond acceptors (Lipinski definition) is 4. The second kappa shape index (κ2) is 9.41. The first-order valence-corrected chi connectivity index (χ1v) is 9.09. The predicted molar refractivity (Wildman–Crippen MR) is 112 cm³/mol. The van der Waals surface area contributed by atoms with Crippen LogP contribution in [0.1, 0.15) is 22.8 Å². The molecule has 0 aliphatic heterocycles. The van der Waals surface area contributed by atoms with Crippen molar-refractivity contribution in [3.63, 3.8) is 0 Å². The Morgan fingerprint density at radius 1 is 0.897 bits per heavy atom. The molecule has 0 aromatic heterocycles. The van der Waals surface area contributed by atoms with E-state index in [-0.39, 0.29) is 18.4 Å². The number of para-hydroxylation sites is 1. The van der Waals surface area contributed by atoms with Crippen molar-refractivity contribution < 1.29 is 19.1 Å². The lowest BCUT2D eigenvalue weighted by Gasteiger charge is -2.14. The summed E-state index contributed by atoms with van der Waals surface area (Å²) in [6.07, 6.45) is 0. The summed E-state index contributed by atoms with van der Waals surface area (Å²) in [5.41, 5.74) is 2.31. The van der Waals surface area contributed by atoms with Gasteiger partial charge in [0.2, 0.25) is 5.91 Å². The Bertz CT molecular complexity index is 1000. The number of carbonyl (C=O) groups is 2. The van der Waals surface area contributed by atoms with Gasteiger partial charge in [-0.05, 0) is 36.4 Å². The highest BCUT2D eigenvalue weighted by atomic mass is 16.5. The first-order chi connectivity index (χ1) is 14.1. The summed E-state index contributed by atoms with van der Waals surface area (Å²) in [7, 11) is 1.52. The zero-order chi connectivity index (χ0) is 20.6. The average Bonchev–Trinajstić information content (AvgIpc) is 2.73. The van der Waals surface area contributed by atoms with E-state index in [0.717, 1.165) is 11.3 Å². The van der Waals surface area contributed by atoms with Crippen molar-refractivity contribution in [1.82, 2.24) is 0 Å². The van der Waals surface area contributed by atoms with Crippen molar-refractivity contribution in [2.45, 2.75) is 13.5 Å². The van der Waals surface area contributed by atoms with E-state index in [1.807, 2.05) is 42.5 Å². The molecule has 3 rings (SSSR count). The summed E-state index contributed by atoms with van der Waals surface area (Å²) >= 11 is 0. The molecule has 0 aliphatic carbocycles. The molecule has 0 radical (unpaired) electrons. The number of hydrogen-bond donors (Lipinski definition) is 2. The van der Waals surface area contributed by atoms with Crippen LogP contribution in [-0.4, -0.2) is 18.9 Å². The SMILES string of the molecule is COc1ccc(NC(=O)c2ccccc2COc2ccccc2)cc1NC(C)=O. The summed E-state index contributed by atoms with van der Waals surface area (Å²) in [6.45, 7) is 1.68. The number of amides is 2. The van der Waals surface area contributed by atoms with E-state index in [2.05, 4.69) is 10.6 Å². The van der Waals surface area contributed by atoms with Gasteiger partial charge in [-0.2, -0.15) is 0 Å². The molecule has 6 heteroatoms. The van der Waals surface area contributed by atoms with Crippen molar-refractivity contribution >= 4 is 23.2 Å². The molecule has 0 saturated carbocycles. The Kier molecular flexibility index (Phi) is 6.47. The predicted octanol–water partition coefficient (Wildman–Crippen LogP) is 4.48. The van der Waals surface area contributed by atoms with Gasteiger partial charge < -0.3 is 20.1 Å². The molecule has 0 fully saturated rings. The minimum atomic E-state index is -0.267. The molecule has 0 bridgehead atoms. The van der Waals surface area contributed by atoms with Gasteiger partial charge in [-0.1, -0.05) is 36.4 Å². The molecule has 3 aromatic carbocycles. The summed E-state index contributed by atoms with van der Waals surface area (Å²) in [4.78, 5) is 24.3. The quantitative estimate of drug-likeness (QED) is 0.623. The number of rotatable bonds is 7. The summed E-state index contributed by atoms with van der Waals surface area (Å²) < 4.78 is 11.0. The van der Waals surface area contributed by atoms with Crippen molar-refractivity contribution in [1.29, 1.82) is 0 Å². The molecule has 0 heterocycles. The van der Waals surface area contributed by atoms with Gasteiger partial charge >= 0.3 is 0 Å². The molecule has 148 valence electrons. The van der Waals surface area contributed by atoms with Crippen LogP contribution in [-0.2, 0) is 11.4 Å². The van der Waals surface area contributed by atoms with Crippen LogP contribution in [0.4, 0.5) is 11.4 Å².